The summed E-state index contributed by atoms with van der Waals surface area (Å²) in [6.07, 6.45) is 0. The Morgan fingerprint density at radius 3 is 2.00 bits per heavy atom. The number of nitrogens with one attached hydrogen (secondary N) is 3. The van der Waals surface area contributed by atoms with Gasteiger partial charge in [-0.2, -0.15) is 15.0 Å². The second kappa shape index (κ2) is 8.24. The van der Waals surface area contributed by atoms with Crippen LogP contribution in [0, 0.1) is 0 Å². The Hall–Kier alpha value is -2.84. The molecule has 0 unspecified atom stereocenters. The van der Waals surface area contributed by atoms with Crippen LogP contribution in [0.4, 0.5) is 29.2 Å². The molecule has 7 nitrogen and oxygen atoms in total. The number of anilines is 5. The molecule has 1 aliphatic rings. The highest BCUT2D eigenvalue weighted by molar-refractivity contribution is 7.80. The van der Waals surface area contributed by atoms with Gasteiger partial charge in [-0.05, 0) is 36.4 Å². The van der Waals surface area contributed by atoms with Crippen molar-refractivity contribution in [1.82, 2.24) is 20.3 Å². The van der Waals surface area contributed by atoms with Crippen molar-refractivity contribution in [3.63, 3.8) is 0 Å². The minimum Gasteiger partial charge on any atom is -0.338 e. The van der Waals surface area contributed by atoms with E-state index in [1.165, 1.54) is 0 Å². The van der Waals surface area contributed by atoms with Crippen LogP contribution >= 0.6 is 12.6 Å². The lowest BCUT2D eigenvalue weighted by molar-refractivity contribution is 0.579. The summed E-state index contributed by atoms with van der Waals surface area (Å²) in [5.74, 6) is 1.68. The van der Waals surface area contributed by atoms with Gasteiger partial charge >= 0.3 is 0 Å². The zero-order valence-electron chi connectivity index (χ0n) is 14.8. The van der Waals surface area contributed by atoms with E-state index in [0.29, 0.717) is 17.8 Å². The molecule has 2 heterocycles. The lowest BCUT2D eigenvalue weighted by Gasteiger charge is -2.27. The van der Waals surface area contributed by atoms with Crippen LogP contribution in [0.1, 0.15) is 0 Å². The normalized spacial score (nSPS) is 14.0. The van der Waals surface area contributed by atoms with Gasteiger partial charge in [-0.3, -0.25) is 0 Å². The Morgan fingerprint density at radius 2 is 1.37 bits per heavy atom. The van der Waals surface area contributed by atoms with Gasteiger partial charge in [-0.1, -0.05) is 18.2 Å². The van der Waals surface area contributed by atoms with E-state index in [4.69, 9.17) is 0 Å². The summed E-state index contributed by atoms with van der Waals surface area (Å²) in [5.41, 5.74) is 1.83. The molecule has 2 aromatic carbocycles. The predicted molar refractivity (Wildman–Crippen MR) is 112 cm³/mol. The van der Waals surface area contributed by atoms with Crippen molar-refractivity contribution in [1.29, 1.82) is 0 Å². The van der Waals surface area contributed by atoms with Crippen LogP contribution in [0.15, 0.2) is 59.5 Å². The molecule has 1 aromatic heterocycles. The maximum atomic E-state index is 4.62. The molecule has 4 rings (SSSR count). The maximum Gasteiger partial charge on any atom is 0.233 e. The molecule has 8 heteroatoms. The average molecular weight is 379 g/mol. The van der Waals surface area contributed by atoms with Crippen LogP contribution in [0.5, 0.6) is 0 Å². The van der Waals surface area contributed by atoms with Gasteiger partial charge in [0, 0.05) is 42.4 Å². The largest absolute Gasteiger partial charge is 0.338 e. The van der Waals surface area contributed by atoms with E-state index in [2.05, 4.69) is 48.4 Å². The second-order valence-corrected chi connectivity index (χ2v) is 6.70. The lowest BCUT2D eigenvalue weighted by atomic mass is 10.3. The highest BCUT2D eigenvalue weighted by atomic mass is 32.1. The smallest absolute Gasteiger partial charge is 0.233 e. The first kappa shape index (κ1) is 17.6. The molecule has 0 aliphatic carbocycles. The quantitative estimate of drug-likeness (QED) is 0.508. The van der Waals surface area contributed by atoms with Gasteiger partial charge in [0.1, 0.15) is 0 Å². The van der Waals surface area contributed by atoms with Crippen LogP contribution in [0.25, 0.3) is 0 Å². The summed E-state index contributed by atoms with van der Waals surface area (Å²) in [4.78, 5) is 16.8. The van der Waals surface area contributed by atoms with E-state index >= 15 is 0 Å². The van der Waals surface area contributed by atoms with E-state index in [1.807, 2.05) is 54.6 Å². The number of benzene rings is 2. The molecule has 1 aliphatic heterocycles. The van der Waals surface area contributed by atoms with Crippen molar-refractivity contribution in [3.05, 3.63) is 54.6 Å². The molecule has 3 N–H and O–H groups in total. The standard InChI is InChI=1S/C19H21N7S/c27-16-8-6-15(7-9-16)22-18-23-17(21-14-4-2-1-3-5-14)24-19(25-18)26-12-10-20-11-13-26/h1-9,20,27H,10-13H2,(H2,21,22,23,24,25). The zero-order chi connectivity index (χ0) is 18.5. The molecule has 1 saturated heterocycles. The summed E-state index contributed by atoms with van der Waals surface area (Å²) < 4.78 is 0. The summed E-state index contributed by atoms with van der Waals surface area (Å²) >= 11 is 4.32. The number of aromatic nitrogens is 3. The molecule has 3 aromatic rings. The van der Waals surface area contributed by atoms with Crippen molar-refractivity contribution in [2.75, 3.05) is 41.7 Å². The molecule has 0 saturated carbocycles. The van der Waals surface area contributed by atoms with Crippen LogP contribution < -0.4 is 20.9 Å². The van der Waals surface area contributed by atoms with E-state index in [1.54, 1.807) is 0 Å². The fourth-order valence-corrected chi connectivity index (χ4v) is 2.96. The monoisotopic (exact) mass is 379 g/mol. The predicted octanol–water partition coefficient (Wildman–Crippen LogP) is 3.06. The van der Waals surface area contributed by atoms with Crippen molar-refractivity contribution < 1.29 is 0 Å². The first-order valence-corrected chi connectivity index (χ1v) is 9.31. The number of hydrogen-bond acceptors (Lipinski definition) is 8. The average Bonchev–Trinajstić information content (AvgIpc) is 2.71. The Balaban J connectivity index is 1.63. The number of nitrogens with zero attached hydrogens (tertiary/aromatic N) is 4. The fraction of sp³-hybridized carbons (Fsp3) is 0.211. The molecular weight excluding hydrogens is 358 g/mol. The minimum atomic E-state index is 0.504. The summed E-state index contributed by atoms with van der Waals surface area (Å²) in [6.45, 7) is 3.56. The first-order valence-electron chi connectivity index (χ1n) is 8.86. The van der Waals surface area contributed by atoms with Gasteiger partial charge < -0.3 is 20.9 Å². The molecular formula is C19H21N7S. The van der Waals surface area contributed by atoms with Crippen molar-refractivity contribution >= 4 is 41.8 Å². The number of hydrogen-bond donors (Lipinski definition) is 4. The van der Waals surface area contributed by atoms with Gasteiger partial charge in [0.2, 0.25) is 17.8 Å². The topological polar surface area (TPSA) is 78.0 Å². The van der Waals surface area contributed by atoms with Crippen molar-refractivity contribution in [3.8, 4) is 0 Å². The Kier molecular flexibility index (Phi) is 5.36. The fourth-order valence-electron chi connectivity index (χ4n) is 2.81. The van der Waals surface area contributed by atoms with Crippen molar-refractivity contribution in [2.24, 2.45) is 0 Å². The maximum absolute atomic E-state index is 4.62. The van der Waals surface area contributed by atoms with E-state index < -0.39 is 0 Å². The molecule has 0 atom stereocenters. The molecule has 138 valence electrons. The molecule has 27 heavy (non-hydrogen) atoms. The van der Waals surface area contributed by atoms with Crippen LogP contribution in [0.2, 0.25) is 0 Å². The Morgan fingerprint density at radius 1 is 0.778 bits per heavy atom. The third kappa shape index (κ3) is 4.66. The molecule has 0 amide bonds. The van der Waals surface area contributed by atoms with Gasteiger partial charge in [-0.15, -0.1) is 12.6 Å². The van der Waals surface area contributed by atoms with E-state index in [-0.39, 0.29) is 0 Å². The van der Waals surface area contributed by atoms with Crippen LogP contribution in [0.3, 0.4) is 0 Å². The number of thiol groups is 1. The van der Waals surface area contributed by atoms with Gasteiger partial charge in [0.15, 0.2) is 0 Å². The molecule has 0 spiro atoms. The highest BCUT2D eigenvalue weighted by Crippen LogP contribution is 2.21. The number of rotatable bonds is 5. The second-order valence-electron chi connectivity index (χ2n) is 6.18. The van der Waals surface area contributed by atoms with Crippen LogP contribution in [-0.2, 0) is 0 Å². The van der Waals surface area contributed by atoms with Gasteiger partial charge in [-0.25, -0.2) is 0 Å². The Labute approximate surface area is 163 Å². The minimum absolute atomic E-state index is 0.504. The van der Waals surface area contributed by atoms with Gasteiger partial charge in [0.05, 0.1) is 0 Å². The number of para-hydroxylation sites is 1. The van der Waals surface area contributed by atoms with Crippen LogP contribution in [-0.4, -0.2) is 41.1 Å². The first-order chi connectivity index (χ1) is 13.3. The lowest BCUT2D eigenvalue weighted by Crippen LogP contribution is -2.44. The zero-order valence-corrected chi connectivity index (χ0v) is 15.7. The third-order valence-corrected chi connectivity index (χ3v) is 4.47. The molecule has 0 bridgehead atoms. The highest BCUT2D eigenvalue weighted by Gasteiger charge is 2.16. The summed E-state index contributed by atoms with van der Waals surface area (Å²) in [6, 6.07) is 17.6. The van der Waals surface area contributed by atoms with E-state index in [9.17, 15) is 0 Å². The summed E-state index contributed by atoms with van der Waals surface area (Å²) in [7, 11) is 0. The van der Waals surface area contributed by atoms with Crippen molar-refractivity contribution in [2.45, 2.75) is 4.90 Å². The van der Waals surface area contributed by atoms with E-state index in [0.717, 1.165) is 42.4 Å². The SMILES string of the molecule is Sc1ccc(Nc2nc(Nc3ccccc3)nc(N3CCNCC3)n2)cc1. The van der Waals surface area contributed by atoms with Gasteiger partial charge in [0.25, 0.3) is 0 Å². The Bertz CT molecular complexity index is 880. The molecule has 0 radical (unpaired) electrons. The third-order valence-electron chi connectivity index (χ3n) is 4.18. The summed E-state index contributed by atoms with van der Waals surface area (Å²) in [5, 5.41) is 9.87. The molecule has 1 fully saturated rings. The number of piperazine rings is 1.